The molecule has 11 heteroatoms. The molecule has 0 bridgehead atoms. The molecule has 1 fully saturated rings. The van der Waals surface area contributed by atoms with Crippen LogP contribution in [0.25, 0.3) is 0 Å². The molecule has 102 valence electrons. The average Bonchev–Trinajstić information content (AvgIpc) is 2.08. The summed E-state index contributed by atoms with van der Waals surface area (Å²) in [7, 11) is 0. The van der Waals surface area contributed by atoms with Crippen molar-refractivity contribution >= 4 is 0 Å². The molecule has 17 heavy (non-hydrogen) atoms. The third-order valence-corrected chi connectivity index (χ3v) is 1.87. The number of rotatable bonds is 0. The Morgan fingerprint density at radius 2 is 1.00 bits per heavy atom. The van der Waals surface area contributed by atoms with Crippen LogP contribution in [-0.2, 0) is 21.1 Å². The van der Waals surface area contributed by atoms with Crippen molar-refractivity contribution in [1.82, 2.24) is 0 Å². The van der Waals surface area contributed by atoms with E-state index in [1.54, 1.807) is 0 Å². The fourth-order valence-electron chi connectivity index (χ4n) is 1.19. The normalized spacial score (nSPS) is 21.5. The molecular weight excluding hydrogens is 419 g/mol. The molecule has 0 aromatic heterocycles. The Bertz CT molecular complexity index is 189. The Labute approximate surface area is 111 Å². The maximum atomic E-state index is 8.25. The molecule has 1 saturated carbocycles. The first-order chi connectivity index (χ1) is 7.27. The molecule has 0 saturated heterocycles. The van der Waals surface area contributed by atoms with Gasteiger partial charge in [-0.05, 0) is 12.8 Å². The summed E-state index contributed by atoms with van der Waals surface area (Å²) in [4.78, 5) is 16.5. The fourth-order valence-corrected chi connectivity index (χ4v) is 1.19. The van der Waals surface area contributed by atoms with Crippen LogP contribution in [0.15, 0.2) is 0 Å². The number of hydrogen-bond acceptors (Lipinski definition) is 8. The SMILES string of the molecule is N[C@@H]1CCCC[C@H]1N.O=[N+]([O-])[O-].O=[N+]([O-])[O-].[Pt+4]. The van der Waals surface area contributed by atoms with E-state index in [1.807, 2.05) is 0 Å². The average molecular weight is 433 g/mol. The first-order valence-corrected chi connectivity index (χ1v) is 4.41. The van der Waals surface area contributed by atoms with E-state index in [0.29, 0.717) is 0 Å². The van der Waals surface area contributed by atoms with Crippen molar-refractivity contribution in [3.8, 4) is 0 Å². The molecule has 0 aromatic rings. The van der Waals surface area contributed by atoms with E-state index in [2.05, 4.69) is 0 Å². The minimum atomic E-state index is -1.75. The molecule has 4 N–H and O–H groups in total. The maximum absolute atomic E-state index is 8.25. The summed E-state index contributed by atoms with van der Waals surface area (Å²) in [6, 6.07) is 0.562. The Morgan fingerprint density at radius 1 is 0.824 bits per heavy atom. The Balaban J connectivity index is -0.000000189. The third kappa shape index (κ3) is 25.4. The predicted molar refractivity (Wildman–Crippen MR) is 55.1 cm³/mol. The van der Waals surface area contributed by atoms with Gasteiger partial charge in [0.05, 0.1) is 10.2 Å². The van der Waals surface area contributed by atoms with E-state index in [4.69, 9.17) is 42.1 Å². The molecule has 0 aliphatic heterocycles. The standard InChI is InChI=1S/C6H14N2.2NO3.Pt/c7-5-3-1-2-4-6(5)8;2*2-1(3)4;/h5-6H,1-4,7-8H2;;;/q;2*-1;+4/t5-,6-;;;/m1.../s1. The predicted octanol–water partition coefficient (Wildman–Crippen LogP) is -0.266. The fraction of sp³-hybridized carbons (Fsp3) is 1.00. The smallest absolute Gasteiger partial charge is 0.356 e. The van der Waals surface area contributed by atoms with E-state index < -0.39 is 10.2 Å². The van der Waals surface area contributed by atoms with Crippen LogP contribution in [0.2, 0.25) is 0 Å². The number of nitrogens with two attached hydrogens (primary N) is 2. The van der Waals surface area contributed by atoms with E-state index in [-0.39, 0.29) is 33.1 Å². The number of hydrogen-bond donors (Lipinski definition) is 2. The van der Waals surface area contributed by atoms with Crippen molar-refractivity contribution < 1.29 is 31.2 Å². The van der Waals surface area contributed by atoms with Crippen molar-refractivity contribution in [2.75, 3.05) is 0 Å². The van der Waals surface area contributed by atoms with Gasteiger partial charge in [0.2, 0.25) is 0 Å². The van der Waals surface area contributed by atoms with Crippen LogP contribution in [0.1, 0.15) is 25.7 Å². The molecule has 0 spiro atoms. The van der Waals surface area contributed by atoms with E-state index in [0.717, 1.165) is 12.8 Å². The molecule has 2 atom stereocenters. The van der Waals surface area contributed by atoms with Crippen LogP contribution in [0.5, 0.6) is 0 Å². The van der Waals surface area contributed by atoms with Crippen molar-refractivity contribution in [2.45, 2.75) is 37.8 Å². The second kappa shape index (κ2) is 13.1. The van der Waals surface area contributed by atoms with Gasteiger partial charge < -0.3 is 42.1 Å². The molecular formula is C6H14N4O6Pt+2. The van der Waals surface area contributed by atoms with Crippen LogP contribution in [0.3, 0.4) is 0 Å². The molecule has 0 amide bonds. The summed E-state index contributed by atoms with van der Waals surface area (Å²) in [5.74, 6) is 0. The van der Waals surface area contributed by atoms with Gasteiger partial charge >= 0.3 is 21.1 Å². The Hall–Kier alpha value is -0.992. The molecule has 1 aliphatic carbocycles. The quantitative estimate of drug-likeness (QED) is 0.386. The van der Waals surface area contributed by atoms with Crippen LogP contribution >= 0.6 is 0 Å². The van der Waals surface area contributed by atoms with Crippen LogP contribution in [0, 0.1) is 30.6 Å². The zero-order valence-electron chi connectivity index (χ0n) is 8.80. The molecule has 0 unspecified atom stereocenters. The zero-order valence-corrected chi connectivity index (χ0v) is 11.1. The number of nitrogens with zero attached hydrogens (tertiary/aromatic N) is 2. The Kier molecular flexibility index (Phi) is 16.4. The minimum absolute atomic E-state index is 0. The summed E-state index contributed by atoms with van der Waals surface area (Å²) >= 11 is 0. The monoisotopic (exact) mass is 433 g/mol. The van der Waals surface area contributed by atoms with E-state index in [1.165, 1.54) is 12.8 Å². The summed E-state index contributed by atoms with van der Waals surface area (Å²) in [5.41, 5.74) is 11.3. The van der Waals surface area contributed by atoms with Gasteiger partial charge in [0.25, 0.3) is 0 Å². The van der Waals surface area contributed by atoms with Gasteiger partial charge in [0.15, 0.2) is 0 Å². The van der Waals surface area contributed by atoms with E-state index in [9.17, 15) is 0 Å². The van der Waals surface area contributed by atoms with E-state index >= 15 is 0 Å². The minimum Gasteiger partial charge on any atom is -0.356 e. The first-order valence-electron chi connectivity index (χ1n) is 4.41. The summed E-state index contributed by atoms with van der Waals surface area (Å²) in [5, 5.41) is 29.5. The second-order valence-corrected chi connectivity index (χ2v) is 3.06. The molecule has 1 rings (SSSR count). The van der Waals surface area contributed by atoms with Gasteiger partial charge in [-0.2, -0.15) is 0 Å². The molecule has 0 heterocycles. The molecule has 0 aromatic carbocycles. The summed E-state index contributed by atoms with van der Waals surface area (Å²) in [6.07, 6.45) is 4.80. The third-order valence-electron chi connectivity index (χ3n) is 1.87. The molecule has 10 nitrogen and oxygen atoms in total. The van der Waals surface area contributed by atoms with Crippen molar-refractivity contribution in [2.24, 2.45) is 11.5 Å². The molecule has 0 radical (unpaired) electrons. The van der Waals surface area contributed by atoms with Gasteiger partial charge in [0, 0.05) is 12.1 Å². The Morgan fingerprint density at radius 3 is 1.12 bits per heavy atom. The van der Waals surface area contributed by atoms with Gasteiger partial charge in [-0.1, -0.05) is 12.8 Å². The van der Waals surface area contributed by atoms with Crippen LogP contribution in [-0.4, -0.2) is 22.3 Å². The maximum Gasteiger partial charge on any atom is 4.00 e. The van der Waals surface area contributed by atoms with Gasteiger partial charge in [0.1, 0.15) is 0 Å². The largest absolute Gasteiger partial charge is 4.00 e. The van der Waals surface area contributed by atoms with Gasteiger partial charge in [-0.3, -0.25) is 0 Å². The van der Waals surface area contributed by atoms with Crippen molar-refractivity contribution in [3.63, 3.8) is 0 Å². The first kappa shape index (κ1) is 21.3. The van der Waals surface area contributed by atoms with Crippen molar-refractivity contribution in [3.05, 3.63) is 30.6 Å². The van der Waals surface area contributed by atoms with Crippen LogP contribution < -0.4 is 11.5 Å². The zero-order chi connectivity index (χ0) is 13.1. The van der Waals surface area contributed by atoms with Gasteiger partial charge in [-0.25, -0.2) is 0 Å². The second-order valence-electron chi connectivity index (χ2n) is 3.06. The van der Waals surface area contributed by atoms with Gasteiger partial charge in [-0.15, -0.1) is 0 Å². The summed E-state index contributed by atoms with van der Waals surface area (Å²) in [6.45, 7) is 0. The van der Waals surface area contributed by atoms with Crippen molar-refractivity contribution in [1.29, 1.82) is 0 Å². The topological polar surface area (TPSA) is 184 Å². The molecule has 1 aliphatic rings. The van der Waals surface area contributed by atoms with Crippen LogP contribution in [0.4, 0.5) is 0 Å². The summed E-state index contributed by atoms with van der Waals surface area (Å²) < 4.78 is 0.